The Bertz CT molecular complexity index is 13.5. The summed E-state index contributed by atoms with van der Waals surface area (Å²) in [6.07, 6.45) is 0. The molecular formula is HO2PRu. The van der Waals surface area contributed by atoms with Gasteiger partial charge in [-0.2, -0.15) is 0 Å². The average Bonchev–Trinajstić information content (AvgIpc) is 0.918. The molecule has 0 aromatic heterocycles. The Labute approximate surface area is 38.3 Å². The van der Waals surface area contributed by atoms with E-state index in [-0.39, 0.29) is 19.5 Å². The summed E-state index contributed by atoms with van der Waals surface area (Å²) in [6.45, 7) is 0. The molecule has 26 valence electrons. The van der Waals surface area contributed by atoms with Crippen LogP contribution in [0.4, 0.5) is 0 Å². The molecule has 0 aliphatic heterocycles. The predicted molar refractivity (Wildman–Crippen MR) is 9.83 cm³/mol. The van der Waals surface area contributed by atoms with Gasteiger partial charge in [0.1, 0.15) is 0 Å². The Morgan fingerprint density at radius 2 is 1.75 bits per heavy atom. The molecule has 4 heteroatoms. The average molecular weight is 165 g/mol. The summed E-state index contributed by atoms with van der Waals surface area (Å²) in [7, 11) is -0.833. The molecule has 0 aromatic carbocycles. The van der Waals surface area contributed by atoms with Crippen LogP contribution in [-0.4, -0.2) is 4.89 Å². The zero-order valence-electron chi connectivity index (χ0n) is 1.66. The van der Waals surface area contributed by atoms with E-state index in [4.69, 9.17) is 9.46 Å². The fourth-order valence-corrected chi connectivity index (χ4v) is 0. The first-order valence-corrected chi connectivity index (χ1v) is 1.15. The van der Waals surface area contributed by atoms with Crippen LogP contribution in [0.3, 0.4) is 0 Å². The summed E-state index contributed by atoms with van der Waals surface area (Å²) < 4.78 is 8.46. The van der Waals surface area contributed by atoms with Crippen LogP contribution in [0.1, 0.15) is 0 Å². The van der Waals surface area contributed by atoms with Crippen LogP contribution >= 0.6 is 8.69 Å². The Morgan fingerprint density at radius 3 is 1.75 bits per heavy atom. The third-order valence-electron chi connectivity index (χ3n) is 0. The van der Waals surface area contributed by atoms with Gasteiger partial charge in [0.15, 0.2) is 0 Å². The van der Waals surface area contributed by atoms with Crippen LogP contribution in [0.15, 0.2) is 0 Å². The van der Waals surface area contributed by atoms with Gasteiger partial charge in [-0.3, -0.25) is 0 Å². The number of rotatable bonds is 0. The molecule has 0 spiro atoms. The van der Waals surface area contributed by atoms with Gasteiger partial charge in [-0.1, -0.05) is 0 Å². The molecule has 0 aliphatic rings. The Hall–Kier alpha value is 0.683. The summed E-state index contributed by atoms with van der Waals surface area (Å²) in [6, 6.07) is 0. The molecule has 0 fully saturated rings. The van der Waals surface area contributed by atoms with Crippen molar-refractivity contribution in [2.75, 3.05) is 0 Å². The number of hydrogen-bond donors (Lipinski definition) is 1. The van der Waals surface area contributed by atoms with Gasteiger partial charge in [-0.15, -0.1) is 0 Å². The van der Waals surface area contributed by atoms with Crippen molar-refractivity contribution in [2.45, 2.75) is 0 Å². The molecule has 2 nitrogen and oxygen atoms in total. The van der Waals surface area contributed by atoms with E-state index in [0.29, 0.717) is 0 Å². The zero-order chi connectivity index (χ0) is 2.71. The van der Waals surface area contributed by atoms with E-state index < -0.39 is 8.69 Å². The minimum Gasteiger partial charge on any atom is -0.310 e. The molecule has 0 amide bonds. The first-order chi connectivity index (χ1) is 1.41. The van der Waals surface area contributed by atoms with Crippen molar-refractivity contribution < 1.29 is 28.9 Å². The molecule has 1 N–H and O–H groups in total. The Kier molecular flexibility index (Phi) is 20.6. The van der Waals surface area contributed by atoms with Crippen LogP contribution in [0.2, 0.25) is 0 Å². The van der Waals surface area contributed by atoms with Crippen molar-refractivity contribution in [1.29, 1.82) is 0 Å². The van der Waals surface area contributed by atoms with Gasteiger partial charge in [0.05, 0.1) is 0 Å². The van der Waals surface area contributed by atoms with Gasteiger partial charge < -0.3 is 4.89 Å². The second-order valence-corrected chi connectivity index (χ2v) is 0.245. The molecule has 0 aromatic rings. The van der Waals surface area contributed by atoms with Gasteiger partial charge >= 0.3 is 8.69 Å². The van der Waals surface area contributed by atoms with Crippen LogP contribution in [0.25, 0.3) is 0 Å². The molecule has 0 heterocycles. The maximum atomic E-state index is 8.46. The normalized spacial score (nSPS) is 5.25. The minimum atomic E-state index is -0.833. The molecule has 0 bridgehead atoms. The fourth-order valence-electron chi connectivity index (χ4n) is 0. The maximum Gasteiger partial charge on any atom is 0.324 e. The van der Waals surface area contributed by atoms with E-state index in [1.165, 1.54) is 0 Å². The Morgan fingerprint density at radius 1 is 1.75 bits per heavy atom. The van der Waals surface area contributed by atoms with E-state index in [2.05, 4.69) is 0 Å². The number of hydrogen-bond acceptors (Lipinski definition) is 1. The molecule has 0 rings (SSSR count). The first-order valence-electron chi connectivity index (χ1n) is 0.383. The molecule has 0 saturated carbocycles. The predicted octanol–water partition coefficient (Wildman–Crippen LogP) is 0.183. The smallest absolute Gasteiger partial charge is 0.310 e. The fraction of sp³-hybridized carbons (Fsp3) is 0. The van der Waals surface area contributed by atoms with Crippen LogP contribution in [0, 0.1) is 0 Å². The maximum absolute atomic E-state index is 8.46. The second kappa shape index (κ2) is 9.36. The summed E-state index contributed by atoms with van der Waals surface area (Å²) in [5.74, 6) is 0. The van der Waals surface area contributed by atoms with E-state index >= 15 is 0 Å². The second-order valence-electron chi connectivity index (χ2n) is 0.0816. The first kappa shape index (κ1) is 8.82. The monoisotopic (exact) mass is 166 g/mol. The van der Waals surface area contributed by atoms with Crippen LogP contribution < -0.4 is 0 Å². The molecule has 0 unspecified atom stereocenters. The standard InChI is InChI=1S/HO2P.Ru/c1-3-2;/h(H,1,2);. The molecule has 0 radical (unpaired) electrons. The Balaban J connectivity index is 0. The third-order valence-corrected chi connectivity index (χ3v) is 0. The molecular weight excluding hydrogens is 164 g/mol. The summed E-state index contributed by atoms with van der Waals surface area (Å²) in [4.78, 5) is 6.99. The van der Waals surface area contributed by atoms with Crippen molar-refractivity contribution in [3.63, 3.8) is 0 Å². The van der Waals surface area contributed by atoms with Crippen molar-refractivity contribution in [1.82, 2.24) is 0 Å². The molecule has 0 saturated heterocycles. The third kappa shape index (κ3) is 16.3. The topological polar surface area (TPSA) is 37.3 Å². The summed E-state index contributed by atoms with van der Waals surface area (Å²) in [5.41, 5.74) is 0. The van der Waals surface area contributed by atoms with Crippen molar-refractivity contribution >= 4 is 8.69 Å². The van der Waals surface area contributed by atoms with Gasteiger partial charge in [0.25, 0.3) is 0 Å². The van der Waals surface area contributed by atoms with Crippen molar-refractivity contribution in [3.05, 3.63) is 0 Å². The molecule has 0 aliphatic carbocycles. The zero-order valence-corrected chi connectivity index (χ0v) is 4.29. The van der Waals surface area contributed by atoms with Crippen LogP contribution in [0.5, 0.6) is 0 Å². The van der Waals surface area contributed by atoms with E-state index in [0.717, 1.165) is 0 Å². The van der Waals surface area contributed by atoms with Gasteiger partial charge in [-0.05, 0) is 0 Å². The SMILES string of the molecule is O=PO.[Ru]. The minimum absolute atomic E-state index is 0. The van der Waals surface area contributed by atoms with Crippen LogP contribution in [-0.2, 0) is 24.0 Å². The van der Waals surface area contributed by atoms with Gasteiger partial charge in [0.2, 0.25) is 0 Å². The molecule has 0 atom stereocenters. The largest absolute Gasteiger partial charge is 0.324 e. The molecule has 4 heavy (non-hydrogen) atoms. The quantitative estimate of drug-likeness (QED) is 0.410. The van der Waals surface area contributed by atoms with E-state index in [1.807, 2.05) is 0 Å². The summed E-state index contributed by atoms with van der Waals surface area (Å²) in [5, 5.41) is 0. The summed E-state index contributed by atoms with van der Waals surface area (Å²) >= 11 is 0. The van der Waals surface area contributed by atoms with E-state index in [1.54, 1.807) is 0 Å². The van der Waals surface area contributed by atoms with E-state index in [9.17, 15) is 0 Å². The van der Waals surface area contributed by atoms with Gasteiger partial charge in [0, 0.05) is 19.5 Å². The van der Waals surface area contributed by atoms with Gasteiger partial charge in [-0.25, -0.2) is 4.57 Å². The van der Waals surface area contributed by atoms with Crippen molar-refractivity contribution in [3.8, 4) is 0 Å². The van der Waals surface area contributed by atoms with Crippen molar-refractivity contribution in [2.24, 2.45) is 0 Å².